The van der Waals surface area contributed by atoms with E-state index in [4.69, 9.17) is 0 Å². The predicted molar refractivity (Wildman–Crippen MR) is 109 cm³/mol. The summed E-state index contributed by atoms with van der Waals surface area (Å²) in [5.41, 5.74) is 3.58. The molecule has 0 heterocycles. The fourth-order valence-corrected chi connectivity index (χ4v) is 5.32. The van der Waals surface area contributed by atoms with Crippen LogP contribution in [0.25, 0.3) is 6.08 Å². The van der Waals surface area contributed by atoms with Gasteiger partial charge < -0.3 is 10.4 Å². The second kappa shape index (κ2) is 6.27. The minimum Gasteiger partial charge on any atom is -0.480 e. The number of hydrogen-bond acceptors (Lipinski definition) is 2. The largest absolute Gasteiger partial charge is 0.480 e. The van der Waals surface area contributed by atoms with E-state index in [1.165, 1.54) is 15.6 Å². The topological polar surface area (TPSA) is 49.3 Å². The van der Waals surface area contributed by atoms with Crippen molar-refractivity contribution in [3.63, 3.8) is 0 Å². The molecule has 2 aliphatic carbocycles. The number of carboxylic acid groups (broad SMARTS) is 1. The molecule has 4 heteroatoms. The van der Waals surface area contributed by atoms with Gasteiger partial charge in [0, 0.05) is 15.6 Å². The van der Waals surface area contributed by atoms with Gasteiger partial charge in [0.2, 0.25) is 0 Å². The summed E-state index contributed by atoms with van der Waals surface area (Å²) >= 11 is 3.78. The Morgan fingerprint density at radius 1 is 1.08 bits per heavy atom. The zero-order valence-electron chi connectivity index (χ0n) is 14.8. The zero-order chi connectivity index (χ0) is 18.4. The third-order valence-electron chi connectivity index (χ3n) is 5.98. The number of anilines is 1. The molecule has 2 aliphatic rings. The molecule has 4 rings (SSSR count). The molecule has 0 aromatic heterocycles. The molecular formula is C22H22BrNO2. The van der Waals surface area contributed by atoms with Gasteiger partial charge in [-0.1, -0.05) is 52.3 Å². The molecule has 1 saturated carbocycles. The zero-order valence-corrected chi connectivity index (χ0v) is 16.3. The molecule has 1 fully saturated rings. The number of fused-ring (bicyclic) bond motifs is 2. The first-order valence-electron chi connectivity index (χ1n) is 9.01. The normalized spacial score (nSPS) is 27.1. The molecule has 2 aromatic rings. The van der Waals surface area contributed by atoms with Crippen molar-refractivity contribution in [3.05, 3.63) is 69.7 Å². The number of allylic oxidation sites excluding steroid dienone is 1. The number of benzene rings is 2. The number of nitrogens with one attached hydrogen (secondary N) is 1. The van der Waals surface area contributed by atoms with Gasteiger partial charge in [0.1, 0.15) is 5.54 Å². The maximum absolute atomic E-state index is 12.2. The molecule has 0 unspecified atom stereocenters. The average molecular weight is 412 g/mol. The molecule has 26 heavy (non-hydrogen) atoms. The maximum Gasteiger partial charge on any atom is 0.329 e. The fourth-order valence-electron chi connectivity index (χ4n) is 4.47. The molecule has 0 atom stereocenters. The number of aliphatic carboxylic acids is 1. The van der Waals surface area contributed by atoms with Crippen LogP contribution in [-0.2, 0) is 10.2 Å². The standard InChI is InChI=1S/C22H22BrNO2/c1-15-5-4-7-17(13-15)24-22(20(25)26)11-9-21(10-12-22)18-8-3-2-6-16(18)14-19(21)23/h2-8,13-14,24H,9-12H2,1H3,(H,25,26). The SMILES string of the molecule is Cc1cccc(NC2(C(=O)O)CCC3(CC2)C(Br)=Cc2ccccc23)c1. The Hall–Kier alpha value is -2.07. The molecule has 0 bridgehead atoms. The van der Waals surface area contributed by atoms with E-state index in [-0.39, 0.29) is 5.41 Å². The smallest absolute Gasteiger partial charge is 0.329 e. The Labute approximate surface area is 162 Å². The summed E-state index contributed by atoms with van der Waals surface area (Å²) in [5.74, 6) is -0.764. The van der Waals surface area contributed by atoms with Crippen molar-refractivity contribution in [1.82, 2.24) is 0 Å². The van der Waals surface area contributed by atoms with Crippen molar-refractivity contribution in [1.29, 1.82) is 0 Å². The van der Waals surface area contributed by atoms with Crippen LogP contribution in [0, 0.1) is 6.92 Å². The van der Waals surface area contributed by atoms with Crippen molar-refractivity contribution in [3.8, 4) is 0 Å². The van der Waals surface area contributed by atoms with E-state index in [9.17, 15) is 9.90 Å². The van der Waals surface area contributed by atoms with E-state index in [0.29, 0.717) is 12.8 Å². The van der Waals surface area contributed by atoms with E-state index < -0.39 is 11.5 Å². The molecule has 2 aromatic carbocycles. The number of halogens is 1. The van der Waals surface area contributed by atoms with Gasteiger partial charge in [-0.05, 0) is 67.5 Å². The first-order chi connectivity index (χ1) is 12.5. The highest BCUT2D eigenvalue weighted by Gasteiger charge is 2.51. The van der Waals surface area contributed by atoms with Crippen LogP contribution in [0.3, 0.4) is 0 Å². The molecule has 2 N–H and O–H groups in total. The molecule has 0 amide bonds. The van der Waals surface area contributed by atoms with E-state index >= 15 is 0 Å². The second-order valence-electron chi connectivity index (χ2n) is 7.54. The average Bonchev–Trinajstić information content (AvgIpc) is 2.89. The minimum absolute atomic E-state index is 0.0795. The lowest BCUT2D eigenvalue weighted by atomic mass is 9.65. The van der Waals surface area contributed by atoms with Crippen molar-refractivity contribution >= 4 is 33.7 Å². The fraction of sp³-hybridized carbons (Fsp3) is 0.318. The predicted octanol–water partition coefficient (Wildman–Crippen LogP) is 5.49. The Morgan fingerprint density at radius 2 is 1.81 bits per heavy atom. The third-order valence-corrected chi connectivity index (χ3v) is 6.97. The summed E-state index contributed by atoms with van der Waals surface area (Å²) in [5, 5.41) is 13.4. The van der Waals surface area contributed by atoms with Crippen LogP contribution < -0.4 is 5.32 Å². The van der Waals surface area contributed by atoms with Gasteiger partial charge in [0.15, 0.2) is 0 Å². The summed E-state index contributed by atoms with van der Waals surface area (Å²) in [6.45, 7) is 2.02. The van der Waals surface area contributed by atoms with Crippen LogP contribution >= 0.6 is 15.9 Å². The summed E-state index contributed by atoms with van der Waals surface area (Å²) in [7, 11) is 0. The Balaban J connectivity index is 1.63. The monoisotopic (exact) mass is 411 g/mol. The van der Waals surface area contributed by atoms with Gasteiger partial charge in [-0.2, -0.15) is 0 Å². The summed E-state index contributed by atoms with van der Waals surface area (Å²) in [6.07, 6.45) is 5.00. The van der Waals surface area contributed by atoms with Gasteiger partial charge in [0.25, 0.3) is 0 Å². The van der Waals surface area contributed by atoms with E-state index in [1.807, 2.05) is 31.2 Å². The first kappa shape index (κ1) is 17.3. The lowest BCUT2D eigenvalue weighted by Crippen LogP contribution is -2.52. The first-order valence-corrected chi connectivity index (χ1v) is 9.80. The summed E-state index contributed by atoms with van der Waals surface area (Å²) < 4.78 is 1.18. The van der Waals surface area contributed by atoms with Gasteiger partial charge in [-0.15, -0.1) is 0 Å². The number of aryl methyl sites for hydroxylation is 1. The molecule has 3 nitrogen and oxygen atoms in total. The number of carbonyl (C=O) groups is 1. The minimum atomic E-state index is -0.913. The number of carboxylic acids is 1. The highest BCUT2D eigenvalue weighted by Crippen LogP contribution is 2.55. The van der Waals surface area contributed by atoms with Crippen molar-refractivity contribution in [2.24, 2.45) is 0 Å². The lowest BCUT2D eigenvalue weighted by Gasteiger charge is -2.44. The van der Waals surface area contributed by atoms with Crippen LogP contribution in [0.1, 0.15) is 42.4 Å². The van der Waals surface area contributed by atoms with Crippen LogP contribution in [-0.4, -0.2) is 16.6 Å². The Bertz CT molecular complexity index is 895. The third kappa shape index (κ3) is 2.67. The van der Waals surface area contributed by atoms with Crippen molar-refractivity contribution < 1.29 is 9.90 Å². The van der Waals surface area contributed by atoms with Gasteiger partial charge in [-0.3, -0.25) is 0 Å². The summed E-state index contributed by atoms with van der Waals surface area (Å²) in [6, 6.07) is 16.4. The Morgan fingerprint density at radius 3 is 2.50 bits per heavy atom. The van der Waals surface area contributed by atoms with E-state index in [1.54, 1.807) is 0 Å². The van der Waals surface area contributed by atoms with Gasteiger partial charge in [-0.25, -0.2) is 4.79 Å². The molecule has 0 radical (unpaired) electrons. The highest BCUT2D eigenvalue weighted by molar-refractivity contribution is 9.11. The quantitative estimate of drug-likeness (QED) is 0.701. The molecule has 134 valence electrons. The van der Waals surface area contributed by atoms with Crippen LogP contribution in [0.4, 0.5) is 5.69 Å². The number of hydrogen-bond donors (Lipinski definition) is 2. The van der Waals surface area contributed by atoms with Gasteiger partial charge in [0.05, 0.1) is 0 Å². The van der Waals surface area contributed by atoms with E-state index in [2.05, 4.69) is 51.6 Å². The Kier molecular flexibility index (Phi) is 4.19. The second-order valence-corrected chi connectivity index (χ2v) is 8.40. The van der Waals surface area contributed by atoms with Gasteiger partial charge >= 0.3 is 5.97 Å². The van der Waals surface area contributed by atoms with Crippen LogP contribution in [0.2, 0.25) is 0 Å². The number of rotatable bonds is 3. The van der Waals surface area contributed by atoms with Crippen LogP contribution in [0.15, 0.2) is 53.0 Å². The lowest BCUT2D eigenvalue weighted by molar-refractivity contribution is -0.143. The van der Waals surface area contributed by atoms with E-state index in [0.717, 1.165) is 24.1 Å². The molecular weight excluding hydrogens is 390 g/mol. The molecule has 0 aliphatic heterocycles. The van der Waals surface area contributed by atoms with Crippen molar-refractivity contribution in [2.45, 2.75) is 43.6 Å². The molecule has 1 spiro atoms. The maximum atomic E-state index is 12.2. The molecule has 0 saturated heterocycles. The van der Waals surface area contributed by atoms with Crippen molar-refractivity contribution in [2.75, 3.05) is 5.32 Å². The summed E-state index contributed by atoms with van der Waals surface area (Å²) in [4.78, 5) is 12.2. The highest BCUT2D eigenvalue weighted by atomic mass is 79.9. The van der Waals surface area contributed by atoms with Crippen LogP contribution in [0.5, 0.6) is 0 Å².